The summed E-state index contributed by atoms with van der Waals surface area (Å²) in [6.45, 7) is 2.61. The maximum Gasteiger partial charge on any atom is 0.220 e. The van der Waals surface area contributed by atoms with Gasteiger partial charge in [0.1, 0.15) is 48.8 Å². The number of hydrogen-bond acceptors (Lipinski definition) is 13. The number of carbonyl (C=O) groups excluding carboxylic acids is 1. The third-order valence-electron chi connectivity index (χ3n) is 11.7. The number of aliphatic hydroxyl groups excluding tert-OH is 8. The number of nitrogens with one attached hydrogen (secondary N) is 1. The fourth-order valence-electron chi connectivity index (χ4n) is 7.61. The Labute approximate surface area is 384 Å². The SMILES string of the molecule is CCC/C=C/CC/C=C/C(O)C(COC1OC(CO)C(OC2OC(CO)C(O)C(O)C2O)C(O)C1O)NC(=O)CCCCCCCCCC/C=C\C/C=C\C/C=C\CCCCCCC. The second-order valence-electron chi connectivity index (χ2n) is 17.2. The highest BCUT2D eigenvalue weighted by Gasteiger charge is 2.51. The zero-order valence-electron chi connectivity index (χ0n) is 39.0. The average molecular weight is 910 g/mol. The summed E-state index contributed by atoms with van der Waals surface area (Å²) >= 11 is 0. The van der Waals surface area contributed by atoms with Crippen molar-refractivity contribution in [2.24, 2.45) is 0 Å². The van der Waals surface area contributed by atoms with Gasteiger partial charge in [-0.3, -0.25) is 4.79 Å². The van der Waals surface area contributed by atoms with E-state index in [1.54, 1.807) is 6.08 Å². The lowest BCUT2D eigenvalue weighted by molar-refractivity contribution is -0.359. The monoisotopic (exact) mass is 910 g/mol. The van der Waals surface area contributed by atoms with Gasteiger partial charge in [0, 0.05) is 6.42 Å². The van der Waals surface area contributed by atoms with Crippen molar-refractivity contribution in [1.82, 2.24) is 5.32 Å². The van der Waals surface area contributed by atoms with Gasteiger partial charge in [0.15, 0.2) is 12.6 Å². The van der Waals surface area contributed by atoms with Gasteiger partial charge >= 0.3 is 0 Å². The zero-order chi connectivity index (χ0) is 46.8. The molecule has 2 fully saturated rings. The number of hydrogen-bond donors (Lipinski definition) is 9. The van der Waals surface area contributed by atoms with Crippen LogP contribution in [0.25, 0.3) is 0 Å². The predicted octanol–water partition coefficient (Wildman–Crippen LogP) is 5.88. The van der Waals surface area contributed by atoms with Crippen molar-refractivity contribution in [3.05, 3.63) is 60.8 Å². The van der Waals surface area contributed by atoms with E-state index in [1.165, 1.54) is 64.2 Å². The molecule has 0 bridgehead atoms. The molecule has 0 spiro atoms. The van der Waals surface area contributed by atoms with Crippen LogP contribution >= 0.6 is 0 Å². The van der Waals surface area contributed by atoms with Crippen molar-refractivity contribution in [3.8, 4) is 0 Å². The molecule has 12 atom stereocenters. The number of allylic oxidation sites excluding steroid dienone is 9. The molecule has 0 aromatic carbocycles. The van der Waals surface area contributed by atoms with Crippen LogP contribution in [-0.4, -0.2) is 140 Å². The van der Waals surface area contributed by atoms with Crippen molar-refractivity contribution in [1.29, 1.82) is 0 Å². The second-order valence-corrected chi connectivity index (χ2v) is 17.2. The number of aliphatic hydroxyl groups is 8. The topological polar surface area (TPSA) is 228 Å². The van der Waals surface area contributed by atoms with Gasteiger partial charge in [-0.25, -0.2) is 0 Å². The molecule has 2 aliphatic heterocycles. The Balaban J connectivity index is 1.75. The molecule has 14 nitrogen and oxygen atoms in total. The summed E-state index contributed by atoms with van der Waals surface area (Å²) in [5, 5.41) is 86.3. The van der Waals surface area contributed by atoms with E-state index in [9.17, 15) is 45.6 Å². The molecule has 64 heavy (non-hydrogen) atoms. The Hall–Kier alpha value is -2.31. The molecule has 2 aliphatic rings. The van der Waals surface area contributed by atoms with E-state index in [-0.39, 0.29) is 18.9 Å². The number of rotatable bonds is 36. The first-order valence-electron chi connectivity index (χ1n) is 24.5. The highest BCUT2D eigenvalue weighted by molar-refractivity contribution is 5.76. The highest BCUT2D eigenvalue weighted by atomic mass is 16.7. The number of amides is 1. The van der Waals surface area contributed by atoms with E-state index in [0.717, 1.165) is 57.8 Å². The molecule has 0 aromatic heterocycles. The lowest BCUT2D eigenvalue weighted by Gasteiger charge is -2.46. The Kier molecular flexibility index (Phi) is 33.2. The summed E-state index contributed by atoms with van der Waals surface area (Å²) in [4.78, 5) is 13.1. The van der Waals surface area contributed by atoms with Crippen LogP contribution in [0.5, 0.6) is 0 Å². The van der Waals surface area contributed by atoms with Crippen molar-refractivity contribution in [3.63, 3.8) is 0 Å². The van der Waals surface area contributed by atoms with Crippen LogP contribution in [-0.2, 0) is 23.7 Å². The molecule has 0 aromatic rings. The highest BCUT2D eigenvalue weighted by Crippen LogP contribution is 2.30. The van der Waals surface area contributed by atoms with Crippen molar-refractivity contribution in [2.45, 2.75) is 229 Å². The summed E-state index contributed by atoms with van der Waals surface area (Å²) in [7, 11) is 0. The van der Waals surface area contributed by atoms with Crippen LogP contribution < -0.4 is 5.32 Å². The van der Waals surface area contributed by atoms with Crippen LogP contribution in [0, 0.1) is 0 Å². The minimum absolute atomic E-state index is 0.261. The first kappa shape index (κ1) is 57.8. The Morgan fingerprint density at radius 3 is 1.69 bits per heavy atom. The third kappa shape index (κ3) is 23.9. The predicted molar refractivity (Wildman–Crippen MR) is 249 cm³/mol. The summed E-state index contributed by atoms with van der Waals surface area (Å²) in [5.41, 5.74) is 0. The molecule has 12 unspecified atom stereocenters. The Morgan fingerprint density at radius 1 is 0.562 bits per heavy atom. The quantitative estimate of drug-likeness (QED) is 0.0265. The van der Waals surface area contributed by atoms with E-state index in [0.29, 0.717) is 12.8 Å². The van der Waals surface area contributed by atoms with Crippen LogP contribution in [0.3, 0.4) is 0 Å². The Bertz CT molecular complexity index is 1310. The van der Waals surface area contributed by atoms with Crippen LogP contribution in [0.4, 0.5) is 0 Å². The molecule has 2 saturated heterocycles. The molecule has 2 heterocycles. The maximum absolute atomic E-state index is 13.1. The molecule has 14 heteroatoms. The van der Waals surface area contributed by atoms with E-state index in [1.807, 2.05) is 6.08 Å². The smallest absolute Gasteiger partial charge is 0.220 e. The number of ether oxygens (including phenoxy) is 4. The van der Waals surface area contributed by atoms with Gasteiger partial charge in [-0.05, 0) is 64.2 Å². The molecule has 9 N–H and O–H groups in total. The van der Waals surface area contributed by atoms with Gasteiger partial charge in [0.25, 0.3) is 0 Å². The molecule has 2 rings (SSSR count). The normalized spacial score (nSPS) is 27.8. The first-order chi connectivity index (χ1) is 31.1. The van der Waals surface area contributed by atoms with Gasteiger partial charge in [-0.1, -0.05) is 145 Å². The van der Waals surface area contributed by atoms with Gasteiger partial charge in [0.2, 0.25) is 5.91 Å². The molecule has 1 amide bonds. The van der Waals surface area contributed by atoms with Crippen molar-refractivity contribution in [2.75, 3.05) is 19.8 Å². The minimum atomic E-state index is -1.79. The van der Waals surface area contributed by atoms with Crippen LogP contribution in [0.15, 0.2) is 60.8 Å². The summed E-state index contributed by atoms with van der Waals surface area (Å²) < 4.78 is 22.6. The molecule has 0 saturated carbocycles. The largest absolute Gasteiger partial charge is 0.394 e. The number of carbonyl (C=O) groups is 1. The van der Waals surface area contributed by atoms with E-state index < -0.39 is 86.8 Å². The van der Waals surface area contributed by atoms with Crippen molar-refractivity contribution >= 4 is 5.91 Å². The standard InChI is InChI=1S/C50H87NO13/c1-3-5-7-9-11-12-13-14-15-16-17-18-19-20-21-22-23-24-25-26-28-30-32-34-42(55)51-38(39(54)33-31-29-27-10-8-6-4-2)37-61-49-47(60)45(58)48(41(36-53)63-49)64-50-46(59)44(57)43(56)40(35-52)62-50/h8,10,13-14,16-17,19-20,31,33,38-41,43-50,52-54,56-60H,3-7,9,11-12,15,18,21-30,32,34-37H2,1-2H3,(H,51,55)/b10-8+,14-13-,17-16-,20-19-,33-31+. The fourth-order valence-corrected chi connectivity index (χ4v) is 7.61. The minimum Gasteiger partial charge on any atom is -0.394 e. The molecule has 370 valence electrons. The lowest BCUT2D eigenvalue weighted by atomic mass is 9.97. The van der Waals surface area contributed by atoms with E-state index in [2.05, 4.69) is 67.8 Å². The molecular formula is C50H87NO13. The number of unbranched alkanes of at least 4 members (excludes halogenated alkanes) is 15. The first-order valence-corrected chi connectivity index (χ1v) is 24.5. The van der Waals surface area contributed by atoms with Gasteiger partial charge in [0.05, 0.1) is 32.0 Å². The Morgan fingerprint density at radius 2 is 1.08 bits per heavy atom. The van der Waals surface area contributed by atoms with Gasteiger partial charge in [-0.2, -0.15) is 0 Å². The van der Waals surface area contributed by atoms with E-state index >= 15 is 0 Å². The zero-order valence-corrected chi connectivity index (χ0v) is 39.0. The molecule has 0 radical (unpaired) electrons. The summed E-state index contributed by atoms with van der Waals surface area (Å²) in [6, 6.07) is -0.934. The van der Waals surface area contributed by atoms with Crippen LogP contribution in [0.1, 0.15) is 155 Å². The van der Waals surface area contributed by atoms with Crippen LogP contribution in [0.2, 0.25) is 0 Å². The van der Waals surface area contributed by atoms with E-state index in [4.69, 9.17) is 18.9 Å². The second kappa shape index (κ2) is 36.8. The third-order valence-corrected chi connectivity index (χ3v) is 11.7. The molecular weight excluding hydrogens is 823 g/mol. The fraction of sp³-hybridized carbons (Fsp3) is 0.780. The summed E-state index contributed by atoms with van der Waals surface area (Å²) in [6.07, 6.45) is 27.3. The van der Waals surface area contributed by atoms with Gasteiger partial charge < -0.3 is 65.1 Å². The van der Waals surface area contributed by atoms with Crippen molar-refractivity contribution < 1.29 is 64.6 Å². The average Bonchev–Trinajstić information content (AvgIpc) is 3.29. The lowest BCUT2D eigenvalue weighted by Crippen LogP contribution is -2.65. The molecule has 0 aliphatic carbocycles. The van der Waals surface area contributed by atoms with Gasteiger partial charge in [-0.15, -0.1) is 0 Å². The summed E-state index contributed by atoms with van der Waals surface area (Å²) in [5.74, 6) is -0.265. The maximum atomic E-state index is 13.1.